The van der Waals surface area contributed by atoms with Crippen molar-refractivity contribution in [1.29, 1.82) is 0 Å². The van der Waals surface area contributed by atoms with Crippen LogP contribution >= 0.6 is 11.6 Å². The number of amides is 1. The zero-order valence-corrected chi connectivity index (χ0v) is 9.71. The summed E-state index contributed by atoms with van der Waals surface area (Å²) in [6.07, 6.45) is 5.30. The van der Waals surface area contributed by atoms with Gasteiger partial charge in [0.2, 0.25) is 5.91 Å². The van der Waals surface area contributed by atoms with E-state index < -0.39 is 6.04 Å². The molecule has 1 amide bonds. The molecule has 1 rings (SSSR count). The molecule has 4 heteroatoms. The topological polar surface area (TPSA) is 55.1 Å². The van der Waals surface area contributed by atoms with Crippen molar-refractivity contribution in [1.82, 2.24) is 0 Å². The van der Waals surface area contributed by atoms with E-state index in [0.717, 1.165) is 5.56 Å². The second-order valence-electron chi connectivity index (χ2n) is 3.42. The number of terminal acetylenes is 1. The fourth-order valence-electron chi connectivity index (χ4n) is 1.19. The van der Waals surface area contributed by atoms with Crippen LogP contribution in [0.4, 0.5) is 5.69 Å². The van der Waals surface area contributed by atoms with E-state index in [1.807, 2.05) is 6.92 Å². The number of hydrogen-bond donors (Lipinski definition) is 2. The Morgan fingerprint density at radius 2 is 2.38 bits per heavy atom. The van der Waals surface area contributed by atoms with Crippen LogP contribution < -0.4 is 11.1 Å². The highest BCUT2D eigenvalue weighted by molar-refractivity contribution is 6.31. The Kier molecular flexibility index (Phi) is 4.36. The first-order valence-electron chi connectivity index (χ1n) is 4.81. The Labute approximate surface area is 100.0 Å². The summed E-state index contributed by atoms with van der Waals surface area (Å²) in [5.74, 6) is 2.05. The van der Waals surface area contributed by atoms with Gasteiger partial charge in [0, 0.05) is 17.1 Å². The van der Waals surface area contributed by atoms with Crippen LogP contribution in [0.15, 0.2) is 18.2 Å². The van der Waals surface area contributed by atoms with E-state index in [4.69, 9.17) is 23.8 Å². The molecule has 0 heterocycles. The molecule has 0 aliphatic heterocycles. The molecule has 0 aromatic heterocycles. The minimum Gasteiger partial charge on any atom is -0.324 e. The van der Waals surface area contributed by atoms with Gasteiger partial charge in [-0.1, -0.05) is 17.7 Å². The third kappa shape index (κ3) is 2.99. The lowest BCUT2D eigenvalue weighted by Crippen LogP contribution is -2.35. The van der Waals surface area contributed by atoms with E-state index >= 15 is 0 Å². The molecule has 1 atom stereocenters. The van der Waals surface area contributed by atoms with Crippen LogP contribution in [0.1, 0.15) is 12.0 Å². The van der Waals surface area contributed by atoms with Gasteiger partial charge >= 0.3 is 0 Å². The van der Waals surface area contributed by atoms with Crippen molar-refractivity contribution in [3.05, 3.63) is 28.8 Å². The van der Waals surface area contributed by atoms with Gasteiger partial charge in [-0.3, -0.25) is 4.79 Å². The molecular formula is C12H13ClN2O. The molecule has 0 fully saturated rings. The number of carbonyl (C=O) groups excluding carboxylic acids is 1. The second-order valence-corrected chi connectivity index (χ2v) is 3.82. The van der Waals surface area contributed by atoms with Crippen LogP contribution in [-0.2, 0) is 4.79 Å². The van der Waals surface area contributed by atoms with Crippen LogP contribution in [0.25, 0.3) is 0 Å². The van der Waals surface area contributed by atoms with Gasteiger partial charge in [-0.05, 0) is 24.6 Å². The standard InChI is InChI=1S/C12H13ClN2O/c1-3-5-10(14)12(16)15-11-7-4-6-9(13)8(11)2/h1,4,6-7,10H,5,14H2,2H3,(H,15,16). The number of benzene rings is 1. The van der Waals surface area contributed by atoms with Crippen molar-refractivity contribution >= 4 is 23.2 Å². The SMILES string of the molecule is C#CCC(N)C(=O)Nc1cccc(Cl)c1C. The third-order valence-corrected chi connectivity index (χ3v) is 2.61. The Morgan fingerprint density at radius 1 is 1.69 bits per heavy atom. The highest BCUT2D eigenvalue weighted by Crippen LogP contribution is 2.22. The summed E-state index contributed by atoms with van der Waals surface area (Å²) >= 11 is 5.92. The molecular weight excluding hydrogens is 224 g/mol. The molecule has 0 bridgehead atoms. The van der Waals surface area contributed by atoms with Gasteiger partial charge in [-0.15, -0.1) is 12.3 Å². The van der Waals surface area contributed by atoms with Gasteiger partial charge in [0.1, 0.15) is 0 Å². The summed E-state index contributed by atoms with van der Waals surface area (Å²) < 4.78 is 0. The molecule has 0 radical (unpaired) electrons. The maximum absolute atomic E-state index is 11.6. The molecule has 0 aliphatic carbocycles. The van der Waals surface area contributed by atoms with Crippen molar-refractivity contribution in [2.75, 3.05) is 5.32 Å². The second kappa shape index (κ2) is 5.55. The first-order valence-corrected chi connectivity index (χ1v) is 5.19. The van der Waals surface area contributed by atoms with Gasteiger partial charge in [0.25, 0.3) is 0 Å². The third-order valence-electron chi connectivity index (χ3n) is 2.20. The number of hydrogen-bond acceptors (Lipinski definition) is 2. The van der Waals surface area contributed by atoms with Crippen LogP contribution in [0, 0.1) is 19.3 Å². The molecule has 3 nitrogen and oxygen atoms in total. The zero-order chi connectivity index (χ0) is 12.1. The van der Waals surface area contributed by atoms with Gasteiger partial charge < -0.3 is 11.1 Å². The number of anilines is 1. The summed E-state index contributed by atoms with van der Waals surface area (Å²) in [4.78, 5) is 11.6. The van der Waals surface area contributed by atoms with E-state index in [2.05, 4.69) is 11.2 Å². The summed E-state index contributed by atoms with van der Waals surface area (Å²) in [6.45, 7) is 1.82. The molecule has 84 valence electrons. The average Bonchev–Trinajstić information content (AvgIpc) is 2.25. The van der Waals surface area contributed by atoms with Crippen LogP contribution in [0.3, 0.4) is 0 Å². The quantitative estimate of drug-likeness (QED) is 0.788. The van der Waals surface area contributed by atoms with Crippen LogP contribution in [-0.4, -0.2) is 11.9 Å². The van der Waals surface area contributed by atoms with E-state index in [1.54, 1.807) is 18.2 Å². The molecule has 1 unspecified atom stereocenters. The van der Waals surface area contributed by atoms with Crippen molar-refractivity contribution in [2.24, 2.45) is 5.73 Å². The molecule has 3 N–H and O–H groups in total. The first-order chi connectivity index (χ1) is 7.56. The number of carbonyl (C=O) groups is 1. The lowest BCUT2D eigenvalue weighted by atomic mass is 10.1. The number of halogens is 1. The highest BCUT2D eigenvalue weighted by Gasteiger charge is 2.13. The van der Waals surface area contributed by atoms with Crippen molar-refractivity contribution in [3.8, 4) is 12.3 Å². The van der Waals surface area contributed by atoms with E-state index in [-0.39, 0.29) is 12.3 Å². The normalized spacial score (nSPS) is 11.6. The average molecular weight is 237 g/mol. The maximum atomic E-state index is 11.6. The van der Waals surface area contributed by atoms with Gasteiger partial charge in [-0.25, -0.2) is 0 Å². The van der Waals surface area contributed by atoms with E-state index in [1.165, 1.54) is 0 Å². The largest absolute Gasteiger partial charge is 0.324 e. The van der Waals surface area contributed by atoms with Crippen LogP contribution in [0.2, 0.25) is 5.02 Å². The molecule has 1 aromatic rings. The molecule has 0 spiro atoms. The lowest BCUT2D eigenvalue weighted by Gasteiger charge is -2.12. The molecule has 1 aromatic carbocycles. The Hall–Kier alpha value is -1.50. The fraction of sp³-hybridized carbons (Fsp3) is 0.250. The number of rotatable bonds is 3. The van der Waals surface area contributed by atoms with Gasteiger partial charge in [0.05, 0.1) is 6.04 Å². The van der Waals surface area contributed by atoms with Gasteiger partial charge in [0.15, 0.2) is 0 Å². The fourth-order valence-corrected chi connectivity index (χ4v) is 1.36. The molecule has 16 heavy (non-hydrogen) atoms. The molecule has 0 saturated carbocycles. The smallest absolute Gasteiger partial charge is 0.242 e. The monoisotopic (exact) mass is 236 g/mol. The summed E-state index contributed by atoms with van der Waals surface area (Å²) in [7, 11) is 0. The number of nitrogens with two attached hydrogens (primary N) is 1. The molecule has 0 aliphatic rings. The Morgan fingerprint density at radius 3 is 3.00 bits per heavy atom. The highest BCUT2D eigenvalue weighted by atomic mass is 35.5. The Bertz CT molecular complexity index is 437. The summed E-state index contributed by atoms with van der Waals surface area (Å²) in [6, 6.07) is 4.59. The summed E-state index contributed by atoms with van der Waals surface area (Å²) in [5.41, 5.74) is 7.04. The minimum absolute atomic E-state index is 0.214. The van der Waals surface area contributed by atoms with Crippen molar-refractivity contribution < 1.29 is 4.79 Å². The van der Waals surface area contributed by atoms with Crippen molar-refractivity contribution in [3.63, 3.8) is 0 Å². The first kappa shape index (κ1) is 12.6. The predicted molar refractivity (Wildman–Crippen MR) is 66.2 cm³/mol. The van der Waals surface area contributed by atoms with Crippen LogP contribution in [0.5, 0.6) is 0 Å². The Balaban J connectivity index is 2.78. The lowest BCUT2D eigenvalue weighted by molar-refractivity contribution is -0.117. The minimum atomic E-state index is -0.691. The van der Waals surface area contributed by atoms with E-state index in [0.29, 0.717) is 10.7 Å². The molecule has 0 saturated heterocycles. The summed E-state index contributed by atoms with van der Waals surface area (Å²) in [5, 5.41) is 3.29. The van der Waals surface area contributed by atoms with E-state index in [9.17, 15) is 4.79 Å². The maximum Gasteiger partial charge on any atom is 0.242 e. The zero-order valence-electron chi connectivity index (χ0n) is 8.96. The predicted octanol–water partition coefficient (Wildman–Crippen LogP) is 1.94. The van der Waals surface area contributed by atoms with Gasteiger partial charge in [-0.2, -0.15) is 0 Å². The van der Waals surface area contributed by atoms with Crippen molar-refractivity contribution in [2.45, 2.75) is 19.4 Å². The number of nitrogens with one attached hydrogen (secondary N) is 1.